The molecule has 0 unspecified atom stereocenters. The molecule has 0 bridgehead atoms. The van der Waals surface area contributed by atoms with Gasteiger partial charge in [-0.15, -0.1) is 0 Å². The number of allylic oxidation sites excluding steroid dienone is 2. The number of aromatic hydroxyl groups is 1. The average Bonchev–Trinajstić information content (AvgIpc) is 3.34. The molecule has 3 fully saturated rings. The number of fused-ring (bicyclic) bond motifs is 4. The number of methoxy groups -OCH3 is 2. The van der Waals surface area contributed by atoms with Crippen molar-refractivity contribution in [3.8, 4) is 11.5 Å². The fourth-order valence-electron chi connectivity index (χ4n) is 7.47. The second-order valence-electron chi connectivity index (χ2n) is 11.1. The zero-order valence-corrected chi connectivity index (χ0v) is 23.6. The molecule has 0 spiro atoms. The first-order valence-electron chi connectivity index (χ1n) is 13.3. The average molecular weight is 597 g/mol. The van der Waals surface area contributed by atoms with Crippen LogP contribution < -0.4 is 9.64 Å². The lowest BCUT2D eigenvalue weighted by Gasteiger charge is -2.49. The molecule has 10 nitrogen and oxygen atoms in total. The van der Waals surface area contributed by atoms with E-state index in [2.05, 4.69) is 4.74 Å². The number of phenolic OH excluding ortho intramolecular Hbond substituents is 1. The van der Waals surface area contributed by atoms with Gasteiger partial charge in [0.15, 0.2) is 0 Å². The highest BCUT2D eigenvalue weighted by molar-refractivity contribution is 6.31. The van der Waals surface area contributed by atoms with Gasteiger partial charge in [0.05, 0.1) is 48.1 Å². The van der Waals surface area contributed by atoms with Crippen LogP contribution >= 0.6 is 11.6 Å². The highest BCUT2D eigenvalue weighted by Crippen LogP contribution is 2.65. The smallest absolute Gasteiger partial charge is 0.423 e. The highest BCUT2D eigenvalue weighted by atomic mass is 35.5. The van der Waals surface area contributed by atoms with Gasteiger partial charge in [0.1, 0.15) is 17.3 Å². The summed E-state index contributed by atoms with van der Waals surface area (Å²) in [5, 5.41) is 10.9. The van der Waals surface area contributed by atoms with Gasteiger partial charge in [-0.1, -0.05) is 29.3 Å². The quantitative estimate of drug-likeness (QED) is 0.412. The molecule has 2 aromatic carbocycles. The molecule has 2 aromatic rings. The van der Waals surface area contributed by atoms with Crippen LogP contribution in [-0.4, -0.2) is 53.9 Å². The fourth-order valence-corrected chi connectivity index (χ4v) is 7.64. The first-order valence-corrected chi connectivity index (χ1v) is 13.7. The first kappa shape index (κ1) is 27.9. The van der Waals surface area contributed by atoms with Crippen LogP contribution in [0.15, 0.2) is 48.0 Å². The van der Waals surface area contributed by atoms with Crippen molar-refractivity contribution in [1.82, 2.24) is 4.90 Å². The molecule has 1 saturated carbocycles. The lowest BCUT2D eigenvalue weighted by atomic mass is 9.51. The first-order chi connectivity index (χ1) is 20.0. The lowest BCUT2D eigenvalue weighted by molar-refractivity contribution is -0.138. The van der Waals surface area contributed by atoms with E-state index in [9.17, 15) is 33.5 Å². The Hall–Kier alpha value is -4.25. The number of halogens is 2. The molecule has 42 heavy (non-hydrogen) atoms. The minimum absolute atomic E-state index is 0.0138. The largest absolute Gasteiger partial charge is 0.508 e. The molecule has 2 aliphatic heterocycles. The minimum Gasteiger partial charge on any atom is -0.508 e. The maximum Gasteiger partial charge on any atom is 0.423 e. The number of rotatable bonds is 3. The predicted octanol–water partition coefficient (Wildman–Crippen LogP) is 4.19. The third-order valence-corrected chi connectivity index (χ3v) is 9.63. The third kappa shape index (κ3) is 3.58. The number of ether oxygens (including phenoxy) is 2. The van der Waals surface area contributed by atoms with Crippen LogP contribution in [0.4, 0.5) is 14.9 Å². The van der Waals surface area contributed by atoms with E-state index in [-0.39, 0.29) is 40.6 Å². The van der Waals surface area contributed by atoms with Gasteiger partial charge in [-0.3, -0.25) is 19.2 Å². The number of hydrogen-bond acceptors (Lipinski definition) is 8. The van der Waals surface area contributed by atoms with Crippen LogP contribution in [-0.2, 0) is 23.9 Å². The molecular formula is C30H26ClFN2O8. The van der Waals surface area contributed by atoms with Crippen molar-refractivity contribution in [3.05, 3.63) is 64.5 Å². The molecule has 0 aromatic heterocycles. The van der Waals surface area contributed by atoms with Gasteiger partial charge in [0, 0.05) is 11.5 Å². The van der Waals surface area contributed by atoms with Crippen molar-refractivity contribution in [2.45, 2.75) is 25.7 Å². The maximum absolute atomic E-state index is 14.4. The number of amides is 5. The minimum atomic E-state index is -1.48. The molecule has 1 N–H and O–H groups in total. The van der Waals surface area contributed by atoms with E-state index in [0.29, 0.717) is 10.5 Å². The van der Waals surface area contributed by atoms with Crippen molar-refractivity contribution in [3.63, 3.8) is 0 Å². The van der Waals surface area contributed by atoms with Gasteiger partial charge >= 0.3 is 6.09 Å². The summed E-state index contributed by atoms with van der Waals surface area (Å²) in [7, 11) is 2.48. The predicted molar refractivity (Wildman–Crippen MR) is 145 cm³/mol. The van der Waals surface area contributed by atoms with Crippen LogP contribution in [0.2, 0.25) is 5.02 Å². The van der Waals surface area contributed by atoms with Gasteiger partial charge in [0.2, 0.25) is 23.6 Å². The van der Waals surface area contributed by atoms with Crippen molar-refractivity contribution in [2.75, 3.05) is 19.1 Å². The molecule has 5 amide bonds. The molecule has 2 saturated heterocycles. The summed E-state index contributed by atoms with van der Waals surface area (Å²) < 4.78 is 24.3. The highest BCUT2D eigenvalue weighted by Gasteiger charge is 2.68. The normalized spacial score (nSPS) is 30.1. The second-order valence-corrected chi connectivity index (χ2v) is 11.5. The van der Waals surface area contributed by atoms with E-state index >= 15 is 0 Å². The van der Waals surface area contributed by atoms with E-state index in [4.69, 9.17) is 16.3 Å². The van der Waals surface area contributed by atoms with E-state index in [1.54, 1.807) is 25.1 Å². The standard InChI is InChI=1S/C30H26ClFN2O8/c1-30-17(26(37)33(28(30)39)13-7-10-19(32)18(31)11-13)12-16-14(24(30)23-20(35)5-4-6-21(23)41-2)8-9-15-22(16)27(38)34(25(15)36)29(40)42-3/h4-8,10-11,15-17,22,24,35H,9,12H2,1-3H3/t15-,16+,17-,22-,24+,30+/m0/s1. The number of hydrogen-bond donors (Lipinski definition) is 1. The Morgan fingerprint density at radius 3 is 2.48 bits per heavy atom. The molecule has 12 heteroatoms. The lowest BCUT2D eigenvalue weighted by Crippen LogP contribution is -2.49. The van der Waals surface area contributed by atoms with Crippen LogP contribution in [0.5, 0.6) is 11.5 Å². The molecule has 218 valence electrons. The van der Waals surface area contributed by atoms with Crippen LogP contribution in [0.1, 0.15) is 31.2 Å². The third-order valence-electron chi connectivity index (χ3n) is 9.34. The van der Waals surface area contributed by atoms with Gasteiger partial charge in [-0.2, -0.15) is 4.90 Å². The number of imide groups is 4. The van der Waals surface area contributed by atoms with E-state index in [1.165, 1.54) is 25.3 Å². The molecule has 2 aliphatic carbocycles. The molecular weight excluding hydrogens is 571 g/mol. The number of nitrogens with zero attached hydrogens (tertiary/aromatic N) is 2. The maximum atomic E-state index is 14.4. The zero-order chi connectivity index (χ0) is 30.2. The Morgan fingerprint density at radius 2 is 1.81 bits per heavy atom. The summed E-state index contributed by atoms with van der Waals surface area (Å²) in [5.41, 5.74) is -0.562. The summed E-state index contributed by atoms with van der Waals surface area (Å²) in [6.45, 7) is 1.63. The topological polar surface area (TPSA) is 131 Å². The zero-order valence-electron chi connectivity index (χ0n) is 22.8. The van der Waals surface area contributed by atoms with Crippen LogP contribution in [0, 0.1) is 34.9 Å². The SMILES string of the molecule is COC(=O)N1C(=O)[C@H]2[C@H](CC=C3[C@H]2C[C@H]2C(=O)N(c4ccc(F)c(Cl)c4)C(=O)[C@@]2(C)[C@H]3c2c(O)cccc2OC)C1=O. The van der Waals surface area contributed by atoms with E-state index in [0.717, 1.165) is 18.1 Å². The summed E-state index contributed by atoms with van der Waals surface area (Å²) >= 11 is 6.01. The molecule has 0 radical (unpaired) electrons. The van der Waals surface area contributed by atoms with Gasteiger partial charge in [-0.05, 0) is 56.0 Å². The Bertz CT molecular complexity index is 1620. The molecule has 2 heterocycles. The van der Waals surface area contributed by atoms with Crippen LogP contribution in [0.25, 0.3) is 0 Å². The van der Waals surface area contributed by atoms with E-state index in [1.807, 2.05) is 0 Å². The van der Waals surface area contributed by atoms with Crippen molar-refractivity contribution in [2.24, 2.45) is 29.1 Å². The van der Waals surface area contributed by atoms with Crippen molar-refractivity contribution in [1.29, 1.82) is 0 Å². The number of benzene rings is 2. The summed E-state index contributed by atoms with van der Waals surface area (Å²) in [4.78, 5) is 69.1. The fraction of sp³-hybridized carbons (Fsp3) is 0.367. The number of carbonyl (C=O) groups excluding carboxylic acids is 5. The Kier molecular flexibility index (Phi) is 6.41. The Morgan fingerprint density at radius 1 is 1.07 bits per heavy atom. The van der Waals surface area contributed by atoms with Crippen molar-refractivity contribution >= 4 is 47.0 Å². The van der Waals surface area contributed by atoms with Gasteiger partial charge in [0.25, 0.3) is 0 Å². The molecule has 6 rings (SSSR count). The number of carbonyl (C=O) groups is 5. The second kappa shape index (κ2) is 9.65. The summed E-state index contributed by atoms with van der Waals surface area (Å²) in [5.74, 6) is -7.80. The summed E-state index contributed by atoms with van der Waals surface area (Å²) in [6.07, 6.45) is 0.790. The van der Waals surface area contributed by atoms with Gasteiger partial charge < -0.3 is 14.6 Å². The number of phenols is 1. The van der Waals surface area contributed by atoms with Crippen molar-refractivity contribution < 1.29 is 42.9 Å². The van der Waals surface area contributed by atoms with E-state index < -0.39 is 70.5 Å². The Labute approximate surface area is 244 Å². The van der Waals surface area contributed by atoms with Crippen LogP contribution in [0.3, 0.4) is 0 Å². The number of likely N-dealkylation sites (tertiary alicyclic amines) is 1. The molecule has 6 atom stereocenters. The van der Waals surface area contributed by atoms with Gasteiger partial charge in [-0.25, -0.2) is 14.1 Å². The number of anilines is 1. The Balaban J connectivity index is 1.56. The summed E-state index contributed by atoms with van der Waals surface area (Å²) in [6, 6.07) is 8.16. The monoisotopic (exact) mass is 596 g/mol. The molecule has 4 aliphatic rings.